The molecular weight excluding hydrogens is 1530 g/mol. The highest BCUT2D eigenvalue weighted by Gasteiger charge is 2.19. The zero-order valence-corrected chi connectivity index (χ0v) is 71.6. The molecule has 17 heteroatoms. The van der Waals surface area contributed by atoms with Gasteiger partial charge in [-0.1, -0.05) is 188 Å². The Morgan fingerprint density at radius 1 is 0.218 bits per heavy atom. The Hall–Kier alpha value is -14.5. The van der Waals surface area contributed by atoms with Gasteiger partial charge in [0, 0.05) is 86.5 Å². The van der Waals surface area contributed by atoms with E-state index >= 15 is 0 Å². The lowest BCUT2D eigenvalue weighted by atomic mass is 10.0. The zero-order valence-electron chi connectivity index (χ0n) is 71.6. The van der Waals surface area contributed by atoms with Crippen LogP contribution in [0.3, 0.4) is 0 Å². The summed E-state index contributed by atoms with van der Waals surface area (Å²) in [4.78, 5) is 55.9. The molecule has 0 spiro atoms. The SMILES string of the molecule is CCCCCCN(CCCCCC)c1ccc(-c2cc(-c3ccccn3)nc(-c3ccccn3)c2)cc1.CCCCN(CCCC)c1ccc(-c2cc(-c3ccccn3)nc(-c3ccccn3)c2)cc1.COc1cc(-c2cc(-c3ccccc3)nc(-c3ccccn3)c2)ccc1O.COc1cc(-c2cc(-c3ccccn3)nc(-c3ccccn3)c2)ccc1O. The van der Waals surface area contributed by atoms with Crippen molar-refractivity contribution in [2.75, 3.05) is 50.2 Å². The fraction of sp³-hybridized carbons (Fsp3) is 0.206. The van der Waals surface area contributed by atoms with E-state index in [2.05, 4.69) is 145 Å². The minimum Gasteiger partial charge on any atom is -0.504 e. The van der Waals surface area contributed by atoms with E-state index in [1.54, 1.807) is 56.3 Å². The lowest BCUT2D eigenvalue weighted by Gasteiger charge is -2.25. The molecular formula is C107H107N13O4. The maximum atomic E-state index is 9.90. The van der Waals surface area contributed by atoms with Crippen LogP contribution in [0, 0.1) is 0 Å². The Morgan fingerprint density at radius 3 is 0.734 bits per heavy atom. The van der Waals surface area contributed by atoms with Gasteiger partial charge in [0.05, 0.1) is 99.6 Å². The van der Waals surface area contributed by atoms with Crippen molar-refractivity contribution in [2.45, 2.75) is 105 Å². The van der Waals surface area contributed by atoms with Crippen LogP contribution < -0.4 is 19.3 Å². The Bertz CT molecular complexity index is 5490. The number of rotatable bonds is 32. The summed E-state index contributed by atoms with van der Waals surface area (Å²) in [6, 6.07) is 96.1. The van der Waals surface area contributed by atoms with Crippen LogP contribution in [0.5, 0.6) is 23.0 Å². The summed E-state index contributed by atoms with van der Waals surface area (Å²) in [5, 5.41) is 19.8. The van der Waals surface area contributed by atoms with E-state index in [0.717, 1.165) is 151 Å². The average Bonchev–Trinajstić information content (AvgIpc) is 0.808. The maximum Gasteiger partial charge on any atom is 0.161 e. The molecule has 5 aromatic carbocycles. The Morgan fingerprint density at radius 2 is 0.468 bits per heavy atom. The molecule has 0 aliphatic rings. The minimum absolute atomic E-state index is 0.102. The molecule has 0 fully saturated rings. The lowest BCUT2D eigenvalue weighted by Crippen LogP contribution is -2.25. The topological polar surface area (TPSA) is 207 Å². The third-order valence-electron chi connectivity index (χ3n) is 21.1. The van der Waals surface area contributed by atoms with Crippen molar-refractivity contribution in [1.82, 2.24) is 54.8 Å². The molecule has 2 N–H and O–H groups in total. The molecule has 0 aliphatic carbocycles. The second-order valence-electron chi connectivity index (χ2n) is 30.0. The molecule has 124 heavy (non-hydrogen) atoms. The largest absolute Gasteiger partial charge is 0.504 e. The first kappa shape index (κ1) is 87.4. The highest BCUT2D eigenvalue weighted by molar-refractivity contribution is 5.81. The van der Waals surface area contributed by atoms with Crippen LogP contribution in [0.4, 0.5) is 11.4 Å². The van der Waals surface area contributed by atoms with Crippen molar-refractivity contribution in [3.05, 3.63) is 335 Å². The molecule has 624 valence electrons. The van der Waals surface area contributed by atoms with Gasteiger partial charge in [0.25, 0.3) is 0 Å². The number of ether oxygens (including phenoxy) is 2. The van der Waals surface area contributed by atoms with Crippen LogP contribution in [-0.4, -0.2) is 105 Å². The fourth-order valence-electron chi connectivity index (χ4n) is 14.4. The normalized spacial score (nSPS) is 10.8. The molecule has 11 heterocycles. The summed E-state index contributed by atoms with van der Waals surface area (Å²) in [5.74, 6) is 1.07. The van der Waals surface area contributed by atoms with Gasteiger partial charge >= 0.3 is 0 Å². The van der Waals surface area contributed by atoms with E-state index in [4.69, 9.17) is 29.4 Å². The number of hydrogen-bond acceptors (Lipinski definition) is 17. The highest BCUT2D eigenvalue weighted by atomic mass is 16.5. The quantitative estimate of drug-likeness (QED) is 0.0376. The number of aromatic nitrogens is 11. The lowest BCUT2D eigenvalue weighted by molar-refractivity contribution is 0.373. The Labute approximate surface area is 729 Å². The molecule has 0 unspecified atom stereocenters. The summed E-state index contributed by atoms with van der Waals surface area (Å²) in [5.41, 5.74) is 24.4. The zero-order chi connectivity index (χ0) is 85.9. The number of hydrogen-bond donors (Lipinski definition) is 2. The molecule has 0 amide bonds. The second-order valence-corrected chi connectivity index (χ2v) is 30.0. The summed E-state index contributed by atoms with van der Waals surface area (Å²) >= 11 is 0. The summed E-state index contributed by atoms with van der Waals surface area (Å²) in [6.45, 7) is 13.5. The van der Waals surface area contributed by atoms with E-state index in [1.807, 2.05) is 213 Å². The molecule has 0 atom stereocenters. The number of phenolic OH excluding ortho intramolecular Hbond substituents is 2. The van der Waals surface area contributed by atoms with Gasteiger partial charge in [-0.15, -0.1) is 0 Å². The van der Waals surface area contributed by atoms with Gasteiger partial charge in [-0.3, -0.25) is 34.9 Å². The monoisotopic (exact) mass is 1640 g/mol. The van der Waals surface area contributed by atoms with E-state index in [-0.39, 0.29) is 11.5 Å². The molecule has 0 bridgehead atoms. The van der Waals surface area contributed by atoms with Crippen LogP contribution in [0.25, 0.3) is 135 Å². The number of benzene rings is 5. The van der Waals surface area contributed by atoms with Crippen molar-refractivity contribution < 1.29 is 19.7 Å². The average molecular weight is 1640 g/mol. The number of phenols is 2. The molecule has 17 nitrogen and oxygen atoms in total. The maximum absolute atomic E-state index is 9.90. The molecule has 11 aromatic heterocycles. The Kier molecular flexibility index (Phi) is 32.3. The van der Waals surface area contributed by atoms with E-state index in [9.17, 15) is 10.2 Å². The highest BCUT2D eigenvalue weighted by Crippen LogP contribution is 2.39. The van der Waals surface area contributed by atoms with Crippen LogP contribution in [0.15, 0.2) is 335 Å². The minimum atomic E-state index is 0.102. The predicted molar refractivity (Wildman–Crippen MR) is 506 cm³/mol. The van der Waals surface area contributed by atoms with Crippen molar-refractivity contribution in [3.63, 3.8) is 0 Å². The van der Waals surface area contributed by atoms with Crippen molar-refractivity contribution in [1.29, 1.82) is 0 Å². The first-order valence-electron chi connectivity index (χ1n) is 43.0. The van der Waals surface area contributed by atoms with Gasteiger partial charge < -0.3 is 29.5 Å². The predicted octanol–water partition coefficient (Wildman–Crippen LogP) is 25.9. The fourth-order valence-corrected chi connectivity index (χ4v) is 14.4. The molecule has 16 rings (SSSR count). The van der Waals surface area contributed by atoms with Crippen LogP contribution in [-0.2, 0) is 0 Å². The first-order chi connectivity index (χ1) is 61.0. The smallest absolute Gasteiger partial charge is 0.161 e. The van der Waals surface area contributed by atoms with Crippen molar-refractivity contribution in [3.8, 4) is 158 Å². The number of nitrogens with zero attached hydrogens (tertiary/aromatic N) is 13. The summed E-state index contributed by atoms with van der Waals surface area (Å²) in [7, 11) is 3.07. The molecule has 0 radical (unpaired) electrons. The molecule has 0 aliphatic heterocycles. The summed E-state index contributed by atoms with van der Waals surface area (Å²) < 4.78 is 10.5. The second kappa shape index (κ2) is 45.8. The number of methoxy groups -OCH3 is 2. The van der Waals surface area contributed by atoms with Gasteiger partial charge in [-0.2, -0.15) is 0 Å². The first-order valence-corrected chi connectivity index (χ1v) is 43.0. The molecule has 0 saturated heterocycles. The van der Waals surface area contributed by atoms with E-state index < -0.39 is 0 Å². The van der Waals surface area contributed by atoms with Crippen molar-refractivity contribution >= 4 is 11.4 Å². The third kappa shape index (κ3) is 24.4. The van der Waals surface area contributed by atoms with Crippen LogP contribution in [0.1, 0.15) is 105 Å². The molecule has 0 saturated carbocycles. The van der Waals surface area contributed by atoms with Gasteiger partial charge in [-0.25, -0.2) is 19.9 Å². The van der Waals surface area contributed by atoms with Crippen LogP contribution >= 0.6 is 0 Å². The van der Waals surface area contributed by atoms with Gasteiger partial charge in [-0.05, 0) is 252 Å². The van der Waals surface area contributed by atoms with E-state index in [0.29, 0.717) is 11.5 Å². The van der Waals surface area contributed by atoms with E-state index in [1.165, 1.54) is 107 Å². The third-order valence-corrected chi connectivity index (χ3v) is 21.1. The number of anilines is 2. The molecule has 16 aromatic rings. The standard InChI is InChI=1S/C33H40N4.C29H32N4.C23H18N2O2.C22H17N3O2/c1-3-5-7-13-23-37(24-14-8-6-4-2)29-19-17-27(18-20-29)28-25-32(30-15-9-11-21-34-30)36-33(26-28)31-16-10-12-22-35-31;1-3-5-19-33(20-6-4-2)25-15-13-23(14-16-25)24-21-28(26-11-7-9-17-30-26)32-29(22-24)27-12-8-10-18-31-27;1-27-23-15-17(10-11-22(23)26)18-13-20(16-7-3-2-4-8-16)25-21(14-18)19-9-5-6-12-24-19;1-27-22-14-15(8-9-21(22)26)16-12-19(17-6-2-4-10-23-17)25-20(13-16)18-7-3-5-11-24-18/h9-12,15-22,25-26H,3-8,13-14,23-24H2,1-2H3;7-18,21-22H,3-6,19-20H2,1-2H3;2-15,26H,1H3;2-14,26H,1H3. The number of unbranched alkanes of at least 4 members (excludes halogenated alkanes) is 8. The van der Waals surface area contributed by atoms with Crippen LogP contribution in [0.2, 0.25) is 0 Å². The summed E-state index contributed by atoms with van der Waals surface area (Å²) in [6.07, 6.45) is 27.7. The number of aromatic hydroxyl groups is 2. The Balaban J connectivity index is 0.000000143. The van der Waals surface area contributed by atoms with Crippen molar-refractivity contribution in [2.24, 2.45) is 0 Å². The van der Waals surface area contributed by atoms with Gasteiger partial charge in [0.2, 0.25) is 0 Å². The van der Waals surface area contributed by atoms with Gasteiger partial charge in [0.1, 0.15) is 0 Å². The number of pyridine rings is 11. The van der Waals surface area contributed by atoms with Gasteiger partial charge in [0.15, 0.2) is 23.0 Å².